The second kappa shape index (κ2) is 9.65. The third-order valence-corrected chi connectivity index (χ3v) is 6.18. The molecule has 0 atom stereocenters. The average molecular weight is 452 g/mol. The van der Waals surface area contributed by atoms with E-state index in [-0.39, 0.29) is 17.4 Å². The van der Waals surface area contributed by atoms with Gasteiger partial charge in [-0.3, -0.25) is 25.2 Å². The van der Waals surface area contributed by atoms with Crippen molar-refractivity contribution >= 4 is 28.9 Å². The fourth-order valence-corrected chi connectivity index (χ4v) is 4.53. The molecule has 2 aromatic carbocycles. The molecule has 0 bridgehead atoms. The van der Waals surface area contributed by atoms with Gasteiger partial charge in [-0.1, -0.05) is 19.3 Å². The quantitative estimate of drug-likeness (QED) is 0.293. The van der Waals surface area contributed by atoms with E-state index in [2.05, 4.69) is 5.10 Å². The van der Waals surface area contributed by atoms with Crippen molar-refractivity contribution in [3.63, 3.8) is 0 Å². The van der Waals surface area contributed by atoms with Crippen LogP contribution in [0.3, 0.4) is 0 Å². The molecule has 1 fully saturated rings. The lowest BCUT2D eigenvalue weighted by molar-refractivity contribution is -0.385. The van der Waals surface area contributed by atoms with Crippen molar-refractivity contribution in [2.24, 2.45) is 10.1 Å². The van der Waals surface area contributed by atoms with Gasteiger partial charge in [0, 0.05) is 35.2 Å². The number of thiazole rings is 1. The van der Waals surface area contributed by atoms with Gasteiger partial charge in [0.2, 0.25) is 4.80 Å². The van der Waals surface area contributed by atoms with Crippen LogP contribution in [0, 0.1) is 20.2 Å². The third-order valence-electron chi connectivity index (χ3n) is 5.35. The fourth-order valence-electron chi connectivity index (χ4n) is 3.63. The number of nitro groups is 2. The molecule has 4 rings (SSSR count). The Kier molecular flexibility index (Phi) is 6.50. The molecule has 0 spiro atoms. The van der Waals surface area contributed by atoms with Gasteiger partial charge in [0.15, 0.2) is 0 Å². The molecule has 0 radical (unpaired) electrons. The van der Waals surface area contributed by atoms with Gasteiger partial charge in [-0.25, -0.2) is 4.68 Å². The highest BCUT2D eigenvalue weighted by atomic mass is 32.1. The predicted molar refractivity (Wildman–Crippen MR) is 123 cm³/mol. The molecule has 1 aliphatic carbocycles. The van der Waals surface area contributed by atoms with Crippen LogP contribution in [0.1, 0.15) is 37.7 Å². The summed E-state index contributed by atoms with van der Waals surface area (Å²) in [6.45, 7) is 0. The molecular weight excluding hydrogens is 430 g/mol. The van der Waals surface area contributed by atoms with Crippen molar-refractivity contribution in [2.45, 2.75) is 38.1 Å². The van der Waals surface area contributed by atoms with E-state index in [9.17, 15) is 20.2 Å². The van der Waals surface area contributed by atoms with E-state index in [0.717, 1.165) is 28.9 Å². The smallest absolute Gasteiger partial charge is 0.258 e. The standard InChI is InChI=1S/C22H21N5O4S/c28-26(29)19-10-6-16(7-11-19)14-23-25-21(17-8-12-20(13-9-17)27(30)31)15-32-22(25)24-18-4-2-1-3-5-18/h6-15,18H,1-5H2. The largest absolute Gasteiger partial charge is 0.269 e. The minimum atomic E-state index is -0.442. The van der Waals surface area contributed by atoms with Crippen LogP contribution in [-0.2, 0) is 0 Å². The molecule has 1 aliphatic rings. The van der Waals surface area contributed by atoms with Crippen LogP contribution in [0.2, 0.25) is 0 Å². The highest BCUT2D eigenvalue weighted by molar-refractivity contribution is 7.07. The molecule has 0 saturated heterocycles. The zero-order valence-electron chi connectivity index (χ0n) is 17.2. The molecule has 1 heterocycles. The van der Waals surface area contributed by atoms with Crippen LogP contribution in [0.5, 0.6) is 0 Å². The van der Waals surface area contributed by atoms with Crippen molar-refractivity contribution < 1.29 is 9.85 Å². The number of benzene rings is 2. The summed E-state index contributed by atoms with van der Waals surface area (Å²) < 4.78 is 1.74. The first kappa shape index (κ1) is 21.6. The van der Waals surface area contributed by atoms with Crippen molar-refractivity contribution in [1.29, 1.82) is 0 Å². The number of rotatable bonds is 6. The van der Waals surface area contributed by atoms with E-state index < -0.39 is 9.85 Å². The number of nitro benzene ring substituents is 2. The number of nitrogens with zero attached hydrogens (tertiary/aromatic N) is 5. The van der Waals surface area contributed by atoms with Gasteiger partial charge in [0.1, 0.15) is 0 Å². The van der Waals surface area contributed by atoms with Gasteiger partial charge in [0.05, 0.1) is 27.8 Å². The molecule has 10 heteroatoms. The van der Waals surface area contributed by atoms with Gasteiger partial charge in [-0.2, -0.15) is 5.10 Å². The Labute approximate surface area is 187 Å². The Morgan fingerprint density at radius 1 is 0.906 bits per heavy atom. The van der Waals surface area contributed by atoms with Gasteiger partial charge in [-0.15, -0.1) is 11.3 Å². The molecule has 9 nitrogen and oxygen atoms in total. The highest BCUT2D eigenvalue weighted by Crippen LogP contribution is 2.24. The minimum absolute atomic E-state index is 0.0184. The van der Waals surface area contributed by atoms with Crippen LogP contribution in [0.4, 0.5) is 11.4 Å². The van der Waals surface area contributed by atoms with Crippen LogP contribution in [-0.4, -0.2) is 26.8 Å². The summed E-state index contributed by atoms with van der Waals surface area (Å²) in [4.78, 5) is 26.7. The summed E-state index contributed by atoms with van der Waals surface area (Å²) in [7, 11) is 0. The Balaban J connectivity index is 1.72. The zero-order valence-corrected chi connectivity index (χ0v) is 18.0. The van der Waals surface area contributed by atoms with Crippen molar-refractivity contribution in [3.8, 4) is 11.3 Å². The first-order chi connectivity index (χ1) is 15.5. The summed E-state index contributed by atoms with van der Waals surface area (Å²) in [6, 6.07) is 12.7. The summed E-state index contributed by atoms with van der Waals surface area (Å²) in [5.41, 5.74) is 2.32. The topological polar surface area (TPSA) is 116 Å². The molecule has 0 aliphatic heterocycles. The van der Waals surface area contributed by atoms with Crippen LogP contribution in [0.15, 0.2) is 64.0 Å². The summed E-state index contributed by atoms with van der Waals surface area (Å²) in [6.07, 6.45) is 7.31. The molecule has 1 saturated carbocycles. The average Bonchev–Trinajstić information content (AvgIpc) is 3.21. The number of hydrogen-bond acceptors (Lipinski definition) is 7. The lowest BCUT2D eigenvalue weighted by Gasteiger charge is -2.16. The molecule has 1 aromatic heterocycles. The predicted octanol–water partition coefficient (Wildman–Crippen LogP) is 5.15. The van der Waals surface area contributed by atoms with Crippen molar-refractivity contribution in [1.82, 2.24) is 4.68 Å². The van der Waals surface area contributed by atoms with Crippen LogP contribution >= 0.6 is 11.3 Å². The molecule has 0 amide bonds. The first-order valence-electron chi connectivity index (χ1n) is 10.3. The minimum Gasteiger partial charge on any atom is -0.258 e. The Bertz CT molecular complexity index is 1210. The van der Waals surface area contributed by atoms with Crippen molar-refractivity contribution in [2.75, 3.05) is 0 Å². The number of aromatic nitrogens is 1. The van der Waals surface area contributed by atoms with E-state index in [4.69, 9.17) is 4.99 Å². The molecular formula is C22H21N5O4S. The Morgan fingerprint density at radius 3 is 2.09 bits per heavy atom. The maximum Gasteiger partial charge on any atom is 0.269 e. The van der Waals surface area contributed by atoms with E-state index in [1.807, 2.05) is 5.38 Å². The second-order valence-corrected chi connectivity index (χ2v) is 8.37. The summed E-state index contributed by atoms with van der Waals surface area (Å²) >= 11 is 1.48. The molecule has 32 heavy (non-hydrogen) atoms. The van der Waals surface area contributed by atoms with E-state index in [1.54, 1.807) is 35.2 Å². The van der Waals surface area contributed by atoms with Gasteiger partial charge >= 0.3 is 0 Å². The SMILES string of the molecule is O=[N+]([O-])c1ccc(C=Nn2c(-c3ccc([N+](=O)[O-])cc3)csc2=NC2CCCCC2)cc1. The van der Waals surface area contributed by atoms with Crippen LogP contribution < -0.4 is 4.80 Å². The highest BCUT2D eigenvalue weighted by Gasteiger charge is 2.15. The van der Waals surface area contributed by atoms with Crippen molar-refractivity contribution in [3.05, 3.63) is 84.5 Å². The number of hydrogen-bond donors (Lipinski definition) is 0. The lowest BCUT2D eigenvalue weighted by Crippen LogP contribution is -2.19. The van der Waals surface area contributed by atoms with E-state index >= 15 is 0 Å². The molecule has 164 valence electrons. The van der Waals surface area contributed by atoms with Gasteiger partial charge in [-0.05, 0) is 42.7 Å². The summed E-state index contributed by atoms with van der Waals surface area (Å²) in [5.74, 6) is 0. The lowest BCUT2D eigenvalue weighted by atomic mass is 9.96. The maximum atomic E-state index is 11.0. The van der Waals surface area contributed by atoms with Gasteiger partial charge in [0.25, 0.3) is 11.4 Å². The Morgan fingerprint density at radius 2 is 1.50 bits per heavy atom. The maximum absolute atomic E-state index is 11.0. The monoisotopic (exact) mass is 451 g/mol. The molecule has 0 N–H and O–H groups in total. The first-order valence-corrected chi connectivity index (χ1v) is 11.2. The van der Waals surface area contributed by atoms with E-state index in [0.29, 0.717) is 5.56 Å². The Hall–Kier alpha value is -3.66. The molecule has 0 unspecified atom stereocenters. The van der Waals surface area contributed by atoms with Gasteiger partial charge < -0.3 is 0 Å². The molecule has 3 aromatic rings. The zero-order chi connectivity index (χ0) is 22.5. The summed E-state index contributed by atoms with van der Waals surface area (Å²) in [5, 5.41) is 28.4. The second-order valence-electron chi connectivity index (χ2n) is 7.53. The van der Waals surface area contributed by atoms with E-state index in [1.165, 1.54) is 54.9 Å². The third kappa shape index (κ3) is 4.97. The number of non-ortho nitro benzene ring substituents is 2. The fraction of sp³-hybridized carbons (Fsp3) is 0.273. The normalized spacial score (nSPS) is 15.3. The van der Waals surface area contributed by atoms with Crippen LogP contribution in [0.25, 0.3) is 11.3 Å².